The molecular formula is C27H25Cl3N2O4. The van der Waals surface area contributed by atoms with Crippen LogP contribution in [0.1, 0.15) is 38.6 Å². The molecule has 0 bridgehead atoms. The van der Waals surface area contributed by atoms with Crippen LogP contribution in [0.25, 0.3) is 0 Å². The number of piperidine rings is 1. The Morgan fingerprint density at radius 1 is 0.917 bits per heavy atom. The molecule has 1 fully saturated rings. The molecule has 188 valence electrons. The van der Waals surface area contributed by atoms with Crippen LogP contribution in [0.5, 0.6) is 11.5 Å². The predicted octanol–water partition coefficient (Wildman–Crippen LogP) is 6.09. The summed E-state index contributed by atoms with van der Waals surface area (Å²) in [6.45, 7) is 0.808. The van der Waals surface area contributed by atoms with Crippen LogP contribution in [0, 0.1) is 0 Å². The molecule has 0 aromatic heterocycles. The number of ether oxygens (including phenoxy) is 2. The van der Waals surface area contributed by atoms with Crippen LogP contribution >= 0.6 is 34.8 Å². The lowest BCUT2D eigenvalue weighted by molar-refractivity contribution is 0.0671. The van der Waals surface area contributed by atoms with Gasteiger partial charge in [0, 0.05) is 40.7 Å². The standard InChI is InChI=1S/C27H25Cl3N2O4/c1-35-24-8-7-16(13-25(24)36-2)27(34)32-10-9-23(31-26(33)20-5-3-4-6-22(20)30)21(15-32)17-11-18(28)14-19(29)12-17/h3-8,11-14,21,23H,9-10,15H2,1-2H3,(H,31,33)/t21-,23+/m0/s1. The average Bonchev–Trinajstić information content (AvgIpc) is 2.87. The summed E-state index contributed by atoms with van der Waals surface area (Å²) in [6, 6.07) is 17.0. The van der Waals surface area contributed by atoms with Gasteiger partial charge in [0.05, 0.1) is 24.8 Å². The normalized spacial score (nSPS) is 17.4. The Morgan fingerprint density at radius 2 is 1.61 bits per heavy atom. The lowest BCUT2D eigenvalue weighted by atomic mass is 9.85. The number of hydrogen-bond donors (Lipinski definition) is 1. The Hall–Kier alpha value is -2.93. The molecule has 4 rings (SSSR count). The van der Waals surface area contributed by atoms with Crippen molar-refractivity contribution in [3.8, 4) is 11.5 Å². The van der Waals surface area contributed by atoms with Crippen LogP contribution in [0.2, 0.25) is 15.1 Å². The molecular weight excluding hydrogens is 523 g/mol. The number of carbonyl (C=O) groups excluding carboxylic acids is 2. The number of nitrogens with one attached hydrogen (secondary N) is 1. The molecule has 0 spiro atoms. The van der Waals surface area contributed by atoms with Crippen molar-refractivity contribution >= 4 is 46.6 Å². The fraction of sp³-hybridized carbons (Fsp3) is 0.259. The molecule has 1 saturated heterocycles. The van der Waals surface area contributed by atoms with Gasteiger partial charge in [-0.3, -0.25) is 9.59 Å². The Bertz CT molecular complexity index is 1260. The van der Waals surface area contributed by atoms with Crippen molar-refractivity contribution in [1.82, 2.24) is 10.2 Å². The Kier molecular flexibility index (Phi) is 8.29. The van der Waals surface area contributed by atoms with Gasteiger partial charge in [0.25, 0.3) is 11.8 Å². The fourth-order valence-electron chi connectivity index (χ4n) is 4.48. The van der Waals surface area contributed by atoms with Crippen molar-refractivity contribution in [2.24, 2.45) is 0 Å². The van der Waals surface area contributed by atoms with E-state index in [0.717, 1.165) is 5.56 Å². The van der Waals surface area contributed by atoms with Crippen molar-refractivity contribution in [3.05, 3.63) is 92.4 Å². The van der Waals surface area contributed by atoms with Crippen LogP contribution < -0.4 is 14.8 Å². The lowest BCUT2D eigenvalue weighted by Gasteiger charge is -2.39. The first-order chi connectivity index (χ1) is 17.3. The van der Waals surface area contributed by atoms with Crippen molar-refractivity contribution < 1.29 is 19.1 Å². The van der Waals surface area contributed by atoms with Gasteiger partial charge < -0.3 is 19.7 Å². The number of rotatable bonds is 6. The third-order valence-corrected chi connectivity index (χ3v) is 7.04. The highest BCUT2D eigenvalue weighted by Gasteiger charge is 2.35. The maximum atomic E-state index is 13.4. The smallest absolute Gasteiger partial charge is 0.254 e. The maximum Gasteiger partial charge on any atom is 0.254 e. The Labute approximate surface area is 225 Å². The van der Waals surface area contributed by atoms with E-state index in [9.17, 15) is 9.59 Å². The summed E-state index contributed by atoms with van der Waals surface area (Å²) in [6.07, 6.45) is 0.532. The number of halogens is 3. The van der Waals surface area contributed by atoms with E-state index in [-0.39, 0.29) is 23.8 Å². The second-order valence-corrected chi connectivity index (χ2v) is 9.76. The molecule has 9 heteroatoms. The molecule has 3 aromatic carbocycles. The zero-order valence-corrected chi connectivity index (χ0v) is 22.0. The highest BCUT2D eigenvalue weighted by molar-refractivity contribution is 6.34. The van der Waals surface area contributed by atoms with E-state index in [1.807, 2.05) is 12.1 Å². The molecule has 1 heterocycles. The van der Waals surface area contributed by atoms with E-state index in [1.54, 1.807) is 60.5 Å². The number of amides is 2. The van der Waals surface area contributed by atoms with Crippen molar-refractivity contribution in [1.29, 1.82) is 0 Å². The van der Waals surface area contributed by atoms with Crippen molar-refractivity contribution in [2.45, 2.75) is 18.4 Å². The zero-order chi connectivity index (χ0) is 25.8. The molecule has 36 heavy (non-hydrogen) atoms. The molecule has 0 radical (unpaired) electrons. The highest BCUT2D eigenvalue weighted by atomic mass is 35.5. The molecule has 2 amide bonds. The van der Waals surface area contributed by atoms with Crippen LogP contribution in [0.3, 0.4) is 0 Å². The van der Waals surface area contributed by atoms with Crippen molar-refractivity contribution in [2.75, 3.05) is 27.3 Å². The SMILES string of the molecule is COc1ccc(C(=O)N2CC[C@@H](NC(=O)c3ccccc3Cl)[C@H](c3cc(Cl)cc(Cl)c3)C2)cc1OC. The summed E-state index contributed by atoms with van der Waals surface area (Å²) < 4.78 is 10.6. The van der Waals surface area contributed by atoms with E-state index in [0.29, 0.717) is 57.2 Å². The zero-order valence-electron chi connectivity index (χ0n) is 19.8. The highest BCUT2D eigenvalue weighted by Crippen LogP contribution is 2.34. The minimum atomic E-state index is -0.275. The van der Waals surface area contributed by atoms with Crippen LogP contribution in [0.15, 0.2) is 60.7 Å². The molecule has 3 aromatic rings. The molecule has 1 aliphatic rings. The minimum Gasteiger partial charge on any atom is -0.493 e. The number of nitrogens with zero attached hydrogens (tertiary/aromatic N) is 1. The van der Waals surface area contributed by atoms with Gasteiger partial charge >= 0.3 is 0 Å². The second-order valence-electron chi connectivity index (χ2n) is 8.48. The number of methoxy groups -OCH3 is 2. The van der Waals surface area contributed by atoms with Gasteiger partial charge in [0.2, 0.25) is 0 Å². The lowest BCUT2D eigenvalue weighted by Crippen LogP contribution is -2.51. The molecule has 1 N–H and O–H groups in total. The minimum absolute atomic E-state index is 0.148. The molecule has 0 unspecified atom stereocenters. The Balaban J connectivity index is 1.62. The van der Waals surface area contributed by atoms with Crippen molar-refractivity contribution in [3.63, 3.8) is 0 Å². The maximum absolute atomic E-state index is 13.4. The largest absolute Gasteiger partial charge is 0.493 e. The molecule has 1 aliphatic heterocycles. The quantitative estimate of drug-likeness (QED) is 0.405. The second kappa shape index (κ2) is 11.4. The summed E-state index contributed by atoms with van der Waals surface area (Å²) >= 11 is 18.8. The van der Waals surface area contributed by atoms with Gasteiger partial charge in [0.1, 0.15) is 0 Å². The molecule has 6 nitrogen and oxygen atoms in total. The summed E-state index contributed by atoms with van der Waals surface area (Å²) in [5.41, 5.74) is 1.71. The first kappa shape index (κ1) is 26.1. The van der Waals surface area contributed by atoms with Gasteiger partial charge in [-0.15, -0.1) is 0 Å². The Morgan fingerprint density at radius 3 is 2.28 bits per heavy atom. The fourth-order valence-corrected chi connectivity index (χ4v) is 5.24. The van der Waals surface area contributed by atoms with Gasteiger partial charge in [-0.1, -0.05) is 46.9 Å². The van der Waals surface area contributed by atoms with E-state index in [1.165, 1.54) is 7.11 Å². The number of hydrogen-bond acceptors (Lipinski definition) is 4. The third kappa shape index (κ3) is 5.72. The van der Waals surface area contributed by atoms with Crippen LogP contribution in [-0.4, -0.2) is 50.1 Å². The summed E-state index contributed by atoms with van der Waals surface area (Å²) in [5, 5.41) is 4.45. The average molecular weight is 548 g/mol. The summed E-state index contributed by atoms with van der Waals surface area (Å²) in [7, 11) is 3.07. The number of benzene rings is 3. The van der Waals surface area contributed by atoms with Gasteiger partial charge in [-0.05, 0) is 60.5 Å². The third-order valence-electron chi connectivity index (χ3n) is 6.28. The number of carbonyl (C=O) groups is 2. The van der Waals surface area contributed by atoms with E-state index < -0.39 is 0 Å². The summed E-state index contributed by atoms with van der Waals surface area (Å²) in [4.78, 5) is 28.3. The first-order valence-electron chi connectivity index (χ1n) is 11.3. The van der Waals surface area contributed by atoms with Gasteiger partial charge in [0.15, 0.2) is 11.5 Å². The topological polar surface area (TPSA) is 67.9 Å². The molecule has 0 saturated carbocycles. The molecule has 2 atom stereocenters. The van der Waals surface area contributed by atoms with E-state index >= 15 is 0 Å². The van der Waals surface area contributed by atoms with Gasteiger partial charge in [-0.25, -0.2) is 0 Å². The number of likely N-dealkylation sites (tertiary alicyclic amines) is 1. The van der Waals surface area contributed by atoms with E-state index in [4.69, 9.17) is 44.3 Å². The van der Waals surface area contributed by atoms with Crippen LogP contribution in [-0.2, 0) is 0 Å². The van der Waals surface area contributed by atoms with Gasteiger partial charge in [-0.2, -0.15) is 0 Å². The summed E-state index contributed by atoms with van der Waals surface area (Å²) in [5.74, 6) is 0.351. The first-order valence-corrected chi connectivity index (χ1v) is 12.5. The predicted molar refractivity (Wildman–Crippen MR) is 142 cm³/mol. The van der Waals surface area contributed by atoms with E-state index in [2.05, 4.69) is 5.32 Å². The molecule has 0 aliphatic carbocycles. The monoisotopic (exact) mass is 546 g/mol. The van der Waals surface area contributed by atoms with Crippen LogP contribution in [0.4, 0.5) is 0 Å².